The van der Waals surface area contributed by atoms with Crippen LogP contribution in [0.1, 0.15) is 34.8 Å². The number of benzene rings is 4. The average Bonchev–Trinajstić information content (AvgIpc) is 2.88. The lowest BCUT2D eigenvalue weighted by Gasteiger charge is -2.36. The van der Waals surface area contributed by atoms with E-state index in [0.29, 0.717) is 18.6 Å². The van der Waals surface area contributed by atoms with Crippen LogP contribution >= 0.6 is 0 Å². The van der Waals surface area contributed by atoms with Gasteiger partial charge in [-0.05, 0) is 40.8 Å². The van der Waals surface area contributed by atoms with E-state index in [1.165, 1.54) is 12.1 Å². The summed E-state index contributed by atoms with van der Waals surface area (Å²) in [5, 5.41) is 10.4. The van der Waals surface area contributed by atoms with E-state index in [1.54, 1.807) is 18.2 Å². The highest BCUT2D eigenvalue weighted by Gasteiger charge is 2.37. The standard InChI is InChI=1S/C30H27FO2/c31-28-21-19-24(20-22-28)29(32)18-10-11-23-33-30(25-12-4-1-5-13-25,26-14-6-2-7-15-26)27-16-8-3-9-17-27/h1-10,12-22,29,32H,11,23H2/b18-10+/t29-/m0/s1. The first kappa shape index (κ1) is 22.7. The minimum absolute atomic E-state index is 0.317. The van der Waals surface area contributed by atoms with Gasteiger partial charge in [-0.25, -0.2) is 4.39 Å². The first-order valence-corrected chi connectivity index (χ1v) is 11.1. The zero-order chi connectivity index (χ0) is 22.9. The number of aliphatic hydroxyl groups is 1. The number of ether oxygens (including phenoxy) is 1. The second kappa shape index (κ2) is 10.9. The Morgan fingerprint density at radius 1 is 0.697 bits per heavy atom. The highest BCUT2D eigenvalue weighted by molar-refractivity contribution is 5.47. The minimum Gasteiger partial charge on any atom is -0.384 e. The number of aliphatic hydroxyl groups excluding tert-OH is 1. The third-order valence-electron chi connectivity index (χ3n) is 5.67. The van der Waals surface area contributed by atoms with Gasteiger partial charge in [-0.3, -0.25) is 0 Å². The van der Waals surface area contributed by atoms with Crippen LogP contribution in [0.25, 0.3) is 0 Å². The number of rotatable bonds is 9. The van der Waals surface area contributed by atoms with Crippen molar-refractivity contribution in [3.05, 3.63) is 155 Å². The molecule has 0 aliphatic rings. The first-order chi connectivity index (χ1) is 16.2. The third-order valence-corrected chi connectivity index (χ3v) is 5.67. The van der Waals surface area contributed by atoms with Crippen LogP contribution in [0.15, 0.2) is 127 Å². The van der Waals surface area contributed by atoms with Gasteiger partial charge in [-0.2, -0.15) is 0 Å². The molecule has 0 heterocycles. The molecule has 0 aliphatic heterocycles. The quantitative estimate of drug-likeness (QED) is 0.177. The molecule has 0 unspecified atom stereocenters. The van der Waals surface area contributed by atoms with Crippen molar-refractivity contribution in [1.29, 1.82) is 0 Å². The molecule has 0 spiro atoms. The lowest BCUT2D eigenvalue weighted by atomic mass is 9.80. The first-order valence-electron chi connectivity index (χ1n) is 11.1. The van der Waals surface area contributed by atoms with Gasteiger partial charge in [0.1, 0.15) is 11.4 Å². The molecule has 1 atom stereocenters. The smallest absolute Gasteiger partial charge is 0.143 e. The molecule has 0 saturated carbocycles. The fourth-order valence-corrected chi connectivity index (χ4v) is 4.04. The van der Waals surface area contributed by atoms with Gasteiger partial charge in [-0.15, -0.1) is 0 Å². The summed E-state index contributed by atoms with van der Waals surface area (Å²) in [6, 6.07) is 36.6. The van der Waals surface area contributed by atoms with E-state index in [-0.39, 0.29) is 5.82 Å². The average molecular weight is 439 g/mol. The minimum atomic E-state index is -0.785. The van der Waals surface area contributed by atoms with Crippen molar-refractivity contribution in [2.24, 2.45) is 0 Å². The van der Waals surface area contributed by atoms with Crippen molar-refractivity contribution in [2.75, 3.05) is 6.61 Å². The normalized spacial score (nSPS) is 12.7. The van der Waals surface area contributed by atoms with Gasteiger partial charge in [0.05, 0.1) is 12.7 Å². The van der Waals surface area contributed by atoms with Crippen LogP contribution in [0.2, 0.25) is 0 Å². The molecule has 1 N–H and O–H groups in total. The fraction of sp³-hybridized carbons (Fsp3) is 0.133. The molecule has 166 valence electrons. The van der Waals surface area contributed by atoms with E-state index in [0.717, 1.165) is 16.7 Å². The lowest BCUT2D eigenvalue weighted by Crippen LogP contribution is -2.33. The molecule has 0 amide bonds. The molecule has 33 heavy (non-hydrogen) atoms. The summed E-state index contributed by atoms with van der Waals surface area (Å²) in [6.45, 7) is 0.450. The Labute approximate surface area is 194 Å². The van der Waals surface area contributed by atoms with E-state index < -0.39 is 11.7 Å². The summed E-state index contributed by atoms with van der Waals surface area (Å²) in [7, 11) is 0. The molecule has 0 radical (unpaired) electrons. The molecule has 0 aliphatic carbocycles. The van der Waals surface area contributed by atoms with Gasteiger partial charge in [0.2, 0.25) is 0 Å². The highest BCUT2D eigenvalue weighted by atomic mass is 19.1. The highest BCUT2D eigenvalue weighted by Crippen LogP contribution is 2.40. The Bertz CT molecular complexity index is 1040. The van der Waals surface area contributed by atoms with Crippen molar-refractivity contribution < 1.29 is 14.2 Å². The van der Waals surface area contributed by atoms with Crippen molar-refractivity contribution in [3.63, 3.8) is 0 Å². The Hall–Kier alpha value is -3.53. The summed E-state index contributed by atoms with van der Waals surface area (Å²) in [6.07, 6.45) is 3.45. The lowest BCUT2D eigenvalue weighted by molar-refractivity contribution is 0.0156. The molecule has 0 aromatic heterocycles. The molecular formula is C30H27FO2. The zero-order valence-electron chi connectivity index (χ0n) is 18.3. The largest absolute Gasteiger partial charge is 0.384 e. The molecule has 0 bridgehead atoms. The molecule has 0 fully saturated rings. The Morgan fingerprint density at radius 2 is 1.15 bits per heavy atom. The van der Waals surface area contributed by atoms with E-state index >= 15 is 0 Å². The number of hydrogen-bond donors (Lipinski definition) is 1. The second-order valence-electron chi connectivity index (χ2n) is 7.84. The molecule has 2 nitrogen and oxygen atoms in total. The van der Waals surface area contributed by atoms with Gasteiger partial charge in [0.15, 0.2) is 0 Å². The summed E-state index contributed by atoms with van der Waals surface area (Å²) in [5.41, 5.74) is 3.06. The van der Waals surface area contributed by atoms with E-state index in [9.17, 15) is 9.50 Å². The third kappa shape index (κ3) is 5.28. The van der Waals surface area contributed by atoms with Gasteiger partial charge in [0, 0.05) is 0 Å². The van der Waals surface area contributed by atoms with Crippen molar-refractivity contribution in [1.82, 2.24) is 0 Å². The second-order valence-corrected chi connectivity index (χ2v) is 7.84. The van der Waals surface area contributed by atoms with Gasteiger partial charge in [0.25, 0.3) is 0 Å². The van der Waals surface area contributed by atoms with Gasteiger partial charge >= 0.3 is 0 Å². The zero-order valence-corrected chi connectivity index (χ0v) is 18.3. The van der Waals surface area contributed by atoms with Crippen molar-refractivity contribution >= 4 is 0 Å². The Kier molecular flexibility index (Phi) is 7.46. The maximum atomic E-state index is 13.1. The summed E-state index contributed by atoms with van der Waals surface area (Å²) in [4.78, 5) is 0. The molecule has 3 heteroatoms. The number of halogens is 1. The summed E-state index contributed by atoms with van der Waals surface area (Å²) >= 11 is 0. The van der Waals surface area contributed by atoms with Crippen LogP contribution < -0.4 is 0 Å². The SMILES string of the molecule is O[C@@H](/C=C/CCOC(c1ccccc1)(c1ccccc1)c1ccccc1)c1ccc(F)cc1. The van der Waals surface area contributed by atoms with Crippen LogP contribution in [0.3, 0.4) is 0 Å². The molecule has 4 aromatic rings. The predicted molar refractivity (Wildman–Crippen MR) is 130 cm³/mol. The van der Waals surface area contributed by atoms with Crippen LogP contribution in [0.4, 0.5) is 4.39 Å². The fourth-order valence-electron chi connectivity index (χ4n) is 4.04. The van der Waals surface area contributed by atoms with Crippen molar-refractivity contribution in [3.8, 4) is 0 Å². The topological polar surface area (TPSA) is 29.5 Å². The Balaban J connectivity index is 1.59. The van der Waals surface area contributed by atoms with Crippen LogP contribution in [0.5, 0.6) is 0 Å². The van der Waals surface area contributed by atoms with E-state index in [4.69, 9.17) is 4.74 Å². The predicted octanol–water partition coefficient (Wildman–Crippen LogP) is 6.81. The molecule has 4 rings (SSSR count). The van der Waals surface area contributed by atoms with E-state index in [2.05, 4.69) is 36.4 Å². The van der Waals surface area contributed by atoms with Crippen LogP contribution in [-0.2, 0) is 10.3 Å². The van der Waals surface area contributed by atoms with Gasteiger partial charge < -0.3 is 9.84 Å². The maximum absolute atomic E-state index is 13.1. The van der Waals surface area contributed by atoms with Crippen LogP contribution in [0, 0.1) is 5.82 Å². The van der Waals surface area contributed by atoms with Crippen molar-refractivity contribution in [2.45, 2.75) is 18.1 Å². The number of hydrogen-bond acceptors (Lipinski definition) is 2. The molecule has 4 aromatic carbocycles. The summed E-state index contributed by atoms with van der Waals surface area (Å²) < 4.78 is 19.8. The monoisotopic (exact) mass is 438 g/mol. The molecular weight excluding hydrogens is 411 g/mol. The summed E-state index contributed by atoms with van der Waals surface area (Å²) in [5.74, 6) is -0.317. The maximum Gasteiger partial charge on any atom is 0.143 e. The van der Waals surface area contributed by atoms with E-state index in [1.807, 2.05) is 60.7 Å². The molecule has 0 saturated heterocycles. The van der Waals surface area contributed by atoms with Gasteiger partial charge in [-0.1, -0.05) is 115 Å². The van der Waals surface area contributed by atoms with Crippen LogP contribution in [-0.4, -0.2) is 11.7 Å². The Morgan fingerprint density at radius 3 is 1.61 bits per heavy atom.